The van der Waals surface area contributed by atoms with Gasteiger partial charge < -0.3 is 10.6 Å². The largest absolute Gasteiger partial charge is 0.389 e. The molecule has 2 N–H and O–H groups in total. The van der Waals surface area contributed by atoms with Gasteiger partial charge in [-0.2, -0.15) is 11.8 Å². The van der Waals surface area contributed by atoms with Crippen molar-refractivity contribution in [3.63, 3.8) is 0 Å². The lowest BCUT2D eigenvalue weighted by molar-refractivity contribution is 0.579. The number of aryl methyl sites for hydroxylation is 1. The molecule has 1 aromatic rings. The average molecular weight is 345 g/mol. The summed E-state index contributed by atoms with van der Waals surface area (Å²) in [7, 11) is -3.16. The van der Waals surface area contributed by atoms with Crippen molar-refractivity contribution < 1.29 is 8.42 Å². The van der Waals surface area contributed by atoms with Crippen LogP contribution in [0.1, 0.15) is 18.1 Å². The standard InChI is InChI=1S/C14H20N2O2S3/c1-3-21(17,18)12-9-20-8-7-16(12)13-10(2)5-4-6-11(13)14(15)19/h4-6,12H,3,7-9H2,1-2H3,(H2,15,19). The highest BCUT2D eigenvalue weighted by molar-refractivity contribution is 8.01. The van der Waals surface area contributed by atoms with E-state index >= 15 is 0 Å². The Kier molecular flexibility index (Phi) is 5.16. The summed E-state index contributed by atoms with van der Waals surface area (Å²) >= 11 is 6.81. The molecule has 1 aliphatic heterocycles. The molecule has 4 nitrogen and oxygen atoms in total. The van der Waals surface area contributed by atoms with Gasteiger partial charge in [-0.1, -0.05) is 31.3 Å². The maximum absolute atomic E-state index is 12.4. The van der Waals surface area contributed by atoms with Crippen molar-refractivity contribution in [3.05, 3.63) is 29.3 Å². The third kappa shape index (κ3) is 3.35. The number of thiocarbonyl (C=S) groups is 1. The third-order valence-electron chi connectivity index (χ3n) is 3.69. The molecular weight excluding hydrogens is 324 g/mol. The second kappa shape index (κ2) is 6.54. The van der Waals surface area contributed by atoms with Crippen LogP contribution in [-0.2, 0) is 9.84 Å². The second-order valence-electron chi connectivity index (χ2n) is 5.01. The molecule has 0 saturated carbocycles. The highest BCUT2D eigenvalue weighted by Crippen LogP contribution is 2.32. The quantitative estimate of drug-likeness (QED) is 0.842. The topological polar surface area (TPSA) is 63.4 Å². The SMILES string of the molecule is CCS(=O)(=O)C1CSCCN1c1c(C)cccc1C(N)=S. The zero-order valence-corrected chi connectivity index (χ0v) is 14.7. The van der Waals surface area contributed by atoms with Gasteiger partial charge in [-0.25, -0.2) is 8.42 Å². The van der Waals surface area contributed by atoms with E-state index in [2.05, 4.69) is 0 Å². The lowest BCUT2D eigenvalue weighted by Gasteiger charge is -2.38. The first-order chi connectivity index (χ1) is 9.88. The van der Waals surface area contributed by atoms with Gasteiger partial charge in [-0.15, -0.1) is 0 Å². The Morgan fingerprint density at radius 3 is 2.86 bits per heavy atom. The first kappa shape index (κ1) is 16.6. The van der Waals surface area contributed by atoms with Gasteiger partial charge in [0.2, 0.25) is 0 Å². The van der Waals surface area contributed by atoms with E-state index in [1.54, 1.807) is 18.7 Å². The van der Waals surface area contributed by atoms with E-state index in [-0.39, 0.29) is 5.75 Å². The molecule has 116 valence electrons. The summed E-state index contributed by atoms with van der Waals surface area (Å²) in [5.41, 5.74) is 8.46. The molecule has 0 radical (unpaired) electrons. The minimum atomic E-state index is -3.16. The number of rotatable bonds is 4. The highest BCUT2D eigenvalue weighted by atomic mass is 32.2. The Morgan fingerprint density at radius 1 is 1.52 bits per heavy atom. The molecule has 7 heteroatoms. The first-order valence-corrected chi connectivity index (χ1v) is 10.1. The zero-order chi connectivity index (χ0) is 15.6. The van der Waals surface area contributed by atoms with Crippen LogP contribution in [0.15, 0.2) is 18.2 Å². The molecule has 1 aliphatic rings. The Labute approximate surface area is 136 Å². The minimum absolute atomic E-state index is 0.142. The molecule has 0 aliphatic carbocycles. The number of sulfone groups is 1. The zero-order valence-electron chi connectivity index (χ0n) is 12.2. The third-order valence-corrected chi connectivity index (χ3v) is 7.20. The summed E-state index contributed by atoms with van der Waals surface area (Å²) in [6.45, 7) is 4.35. The fraction of sp³-hybridized carbons (Fsp3) is 0.500. The van der Waals surface area contributed by atoms with Crippen LogP contribution >= 0.6 is 24.0 Å². The van der Waals surface area contributed by atoms with Crippen LogP contribution in [0, 0.1) is 6.92 Å². The first-order valence-electron chi connectivity index (χ1n) is 6.84. The number of hydrogen-bond acceptors (Lipinski definition) is 5. The van der Waals surface area contributed by atoms with Crippen LogP contribution in [0.4, 0.5) is 5.69 Å². The van der Waals surface area contributed by atoms with Gasteiger partial charge in [0.1, 0.15) is 10.4 Å². The predicted octanol–water partition coefficient (Wildman–Crippen LogP) is 1.94. The lowest BCUT2D eigenvalue weighted by atomic mass is 10.1. The fourth-order valence-corrected chi connectivity index (χ4v) is 5.71. The van der Waals surface area contributed by atoms with Crippen LogP contribution in [0.2, 0.25) is 0 Å². The molecule has 1 saturated heterocycles. The second-order valence-corrected chi connectivity index (χ2v) is 9.05. The van der Waals surface area contributed by atoms with Crippen LogP contribution in [0.3, 0.4) is 0 Å². The highest BCUT2D eigenvalue weighted by Gasteiger charge is 2.34. The van der Waals surface area contributed by atoms with E-state index in [0.717, 1.165) is 22.6 Å². The van der Waals surface area contributed by atoms with Gasteiger partial charge in [0.05, 0.1) is 5.69 Å². The van der Waals surface area contributed by atoms with E-state index in [4.69, 9.17) is 18.0 Å². The number of hydrogen-bond donors (Lipinski definition) is 1. The van der Waals surface area contributed by atoms with Crippen molar-refractivity contribution in [2.24, 2.45) is 5.73 Å². The van der Waals surface area contributed by atoms with Crippen LogP contribution < -0.4 is 10.6 Å². The van der Waals surface area contributed by atoms with Crippen LogP contribution in [0.5, 0.6) is 0 Å². The number of thioether (sulfide) groups is 1. The molecule has 21 heavy (non-hydrogen) atoms. The van der Waals surface area contributed by atoms with E-state index in [9.17, 15) is 8.42 Å². The number of para-hydroxylation sites is 1. The molecular formula is C14H20N2O2S3. The van der Waals surface area contributed by atoms with Gasteiger partial charge in [0, 0.05) is 29.4 Å². The normalized spacial score (nSPS) is 19.5. The molecule has 1 unspecified atom stereocenters. The van der Waals surface area contributed by atoms with Crippen molar-refractivity contribution in [1.29, 1.82) is 0 Å². The summed E-state index contributed by atoms with van der Waals surface area (Å²) in [6, 6.07) is 5.73. The summed E-state index contributed by atoms with van der Waals surface area (Å²) < 4.78 is 24.8. The van der Waals surface area contributed by atoms with Gasteiger partial charge in [0.15, 0.2) is 9.84 Å². The Morgan fingerprint density at radius 2 is 2.24 bits per heavy atom. The smallest absolute Gasteiger partial charge is 0.171 e. The summed E-state index contributed by atoms with van der Waals surface area (Å²) in [4.78, 5) is 2.28. The molecule has 0 bridgehead atoms. The molecule has 2 rings (SSSR count). The average Bonchev–Trinajstić information content (AvgIpc) is 2.47. The number of anilines is 1. The van der Waals surface area contributed by atoms with Gasteiger partial charge in [-0.3, -0.25) is 0 Å². The fourth-order valence-electron chi connectivity index (χ4n) is 2.57. The van der Waals surface area contributed by atoms with E-state index < -0.39 is 15.2 Å². The van der Waals surface area contributed by atoms with Gasteiger partial charge >= 0.3 is 0 Å². The summed E-state index contributed by atoms with van der Waals surface area (Å²) in [6.07, 6.45) is 0. The molecule has 0 aromatic heterocycles. The van der Waals surface area contributed by atoms with E-state index in [1.165, 1.54) is 0 Å². The van der Waals surface area contributed by atoms with Crippen LogP contribution in [0.25, 0.3) is 0 Å². The Bertz CT molecular complexity index is 644. The summed E-state index contributed by atoms with van der Waals surface area (Å²) in [5.74, 6) is 1.63. The molecule has 1 fully saturated rings. The Balaban J connectivity index is 2.55. The molecule has 1 atom stereocenters. The number of nitrogens with two attached hydrogens (primary N) is 1. The lowest BCUT2D eigenvalue weighted by Crippen LogP contribution is -2.48. The van der Waals surface area contributed by atoms with Crippen molar-refractivity contribution in [2.45, 2.75) is 19.2 Å². The Hall–Kier alpha value is -0.790. The van der Waals surface area contributed by atoms with Crippen molar-refractivity contribution in [3.8, 4) is 0 Å². The maximum Gasteiger partial charge on any atom is 0.171 e. The van der Waals surface area contributed by atoms with Crippen molar-refractivity contribution in [1.82, 2.24) is 0 Å². The van der Waals surface area contributed by atoms with E-state index in [1.807, 2.05) is 30.0 Å². The monoisotopic (exact) mass is 344 g/mol. The van der Waals surface area contributed by atoms with Gasteiger partial charge in [0.25, 0.3) is 0 Å². The molecule has 0 spiro atoms. The molecule has 1 heterocycles. The van der Waals surface area contributed by atoms with Crippen molar-refractivity contribution >= 4 is 44.5 Å². The van der Waals surface area contributed by atoms with E-state index in [0.29, 0.717) is 17.3 Å². The summed E-state index contributed by atoms with van der Waals surface area (Å²) in [5, 5.41) is -0.504. The maximum atomic E-state index is 12.4. The predicted molar refractivity (Wildman–Crippen MR) is 95.0 cm³/mol. The number of nitrogens with zero attached hydrogens (tertiary/aromatic N) is 1. The van der Waals surface area contributed by atoms with Crippen LogP contribution in [-0.4, -0.2) is 42.6 Å². The van der Waals surface area contributed by atoms with Gasteiger partial charge in [-0.05, 0) is 18.6 Å². The molecule has 0 amide bonds. The molecule has 1 aromatic carbocycles. The number of benzene rings is 1. The van der Waals surface area contributed by atoms with Crippen molar-refractivity contribution in [2.75, 3.05) is 28.7 Å². The minimum Gasteiger partial charge on any atom is -0.389 e.